The van der Waals surface area contributed by atoms with Crippen LogP contribution in [-0.2, 0) is 11.4 Å². The van der Waals surface area contributed by atoms with E-state index >= 15 is 0 Å². The predicted octanol–water partition coefficient (Wildman–Crippen LogP) is 3.30. The summed E-state index contributed by atoms with van der Waals surface area (Å²) in [5.41, 5.74) is 7.63. The lowest BCUT2D eigenvalue weighted by Crippen LogP contribution is -2.40. The first-order chi connectivity index (χ1) is 12.7. The second-order valence-electron chi connectivity index (χ2n) is 6.80. The molecule has 146 valence electrons. The van der Waals surface area contributed by atoms with Crippen LogP contribution in [-0.4, -0.2) is 37.0 Å². The minimum atomic E-state index is 0. The quantitative estimate of drug-likeness (QED) is 0.762. The summed E-state index contributed by atoms with van der Waals surface area (Å²) >= 11 is 0. The van der Waals surface area contributed by atoms with E-state index in [2.05, 4.69) is 10.2 Å². The van der Waals surface area contributed by atoms with Crippen molar-refractivity contribution in [3.8, 4) is 5.75 Å². The number of carbonyl (C=O) groups excluding carboxylic acids is 1. The van der Waals surface area contributed by atoms with E-state index in [0.717, 1.165) is 49.5 Å². The van der Waals surface area contributed by atoms with E-state index < -0.39 is 0 Å². The number of benzene rings is 2. The topological polar surface area (TPSA) is 67.6 Å². The van der Waals surface area contributed by atoms with Crippen LogP contribution in [0.1, 0.15) is 18.4 Å². The highest BCUT2D eigenvalue weighted by Crippen LogP contribution is 2.18. The summed E-state index contributed by atoms with van der Waals surface area (Å²) in [6.45, 7) is 3.61. The van der Waals surface area contributed by atoms with Crippen LogP contribution in [0.3, 0.4) is 0 Å². The molecule has 3 rings (SSSR count). The number of nitrogens with two attached hydrogens (primary N) is 1. The standard InChI is InChI=1S/C21H27N3O2.ClH/c22-14-17-10-12-24(13-11-17)15-21(25)23-19-6-8-20(9-7-19)26-16-18-4-2-1-3-5-18;/h1-9,17H,10-16,22H2,(H,23,25);1H. The number of rotatable bonds is 7. The van der Waals surface area contributed by atoms with E-state index in [9.17, 15) is 4.79 Å². The van der Waals surface area contributed by atoms with Crippen LogP contribution >= 0.6 is 12.4 Å². The Kier molecular flexibility index (Phi) is 8.58. The average molecular weight is 390 g/mol. The fourth-order valence-electron chi connectivity index (χ4n) is 3.16. The summed E-state index contributed by atoms with van der Waals surface area (Å²) in [5, 5.41) is 2.95. The highest BCUT2D eigenvalue weighted by atomic mass is 35.5. The molecule has 1 saturated heterocycles. The van der Waals surface area contributed by atoms with Crippen LogP contribution in [0.2, 0.25) is 0 Å². The first-order valence-corrected chi connectivity index (χ1v) is 9.22. The van der Waals surface area contributed by atoms with Gasteiger partial charge in [0.1, 0.15) is 12.4 Å². The van der Waals surface area contributed by atoms with Gasteiger partial charge < -0.3 is 15.8 Å². The molecule has 0 atom stereocenters. The minimum Gasteiger partial charge on any atom is -0.489 e. The molecule has 6 heteroatoms. The lowest BCUT2D eigenvalue weighted by Gasteiger charge is -2.30. The molecular formula is C21H28ClN3O2. The largest absolute Gasteiger partial charge is 0.489 e. The van der Waals surface area contributed by atoms with Crippen LogP contribution < -0.4 is 15.8 Å². The van der Waals surface area contributed by atoms with Crippen LogP contribution in [0.25, 0.3) is 0 Å². The molecule has 5 nitrogen and oxygen atoms in total. The molecule has 1 aliphatic heterocycles. The molecule has 0 bridgehead atoms. The van der Waals surface area contributed by atoms with E-state index in [1.54, 1.807) is 0 Å². The number of nitrogens with one attached hydrogen (secondary N) is 1. The van der Waals surface area contributed by atoms with Crippen molar-refractivity contribution in [1.29, 1.82) is 0 Å². The van der Waals surface area contributed by atoms with Crippen LogP contribution in [0.15, 0.2) is 54.6 Å². The maximum atomic E-state index is 12.2. The number of amides is 1. The van der Waals surface area contributed by atoms with E-state index in [1.165, 1.54) is 0 Å². The van der Waals surface area contributed by atoms with Gasteiger partial charge in [0.25, 0.3) is 0 Å². The van der Waals surface area contributed by atoms with E-state index in [0.29, 0.717) is 19.1 Å². The van der Waals surface area contributed by atoms with E-state index in [4.69, 9.17) is 10.5 Å². The molecule has 0 saturated carbocycles. The van der Waals surface area contributed by atoms with Crippen molar-refractivity contribution in [3.05, 3.63) is 60.2 Å². The van der Waals surface area contributed by atoms with Gasteiger partial charge in [-0.15, -0.1) is 12.4 Å². The smallest absolute Gasteiger partial charge is 0.238 e. The van der Waals surface area contributed by atoms with Gasteiger partial charge in [0.05, 0.1) is 6.54 Å². The summed E-state index contributed by atoms with van der Waals surface area (Å²) < 4.78 is 5.76. The van der Waals surface area contributed by atoms with Crippen molar-refractivity contribution >= 4 is 24.0 Å². The zero-order valence-electron chi connectivity index (χ0n) is 15.5. The van der Waals surface area contributed by atoms with Gasteiger partial charge in [0.2, 0.25) is 5.91 Å². The molecule has 0 radical (unpaired) electrons. The summed E-state index contributed by atoms with van der Waals surface area (Å²) in [6.07, 6.45) is 2.16. The van der Waals surface area contributed by atoms with Crippen molar-refractivity contribution in [1.82, 2.24) is 4.90 Å². The molecule has 1 aliphatic rings. The van der Waals surface area contributed by atoms with Gasteiger partial charge in [0, 0.05) is 5.69 Å². The molecular weight excluding hydrogens is 362 g/mol. The van der Waals surface area contributed by atoms with Gasteiger partial charge in [-0.1, -0.05) is 30.3 Å². The van der Waals surface area contributed by atoms with Crippen molar-refractivity contribution in [2.24, 2.45) is 11.7 Å². The lowest BCUT2D eigenvalue weighted by molar-refractivity contribution is -0.117. The summed E-state index contributed by atoms with van der Waals surface area (Å²) in [5.74, 6) is 1.42. The number of nitrogens with zero attached hydrogens (tertiary/aromatic N) is 1. The SMILES string of the molecule is Cl.NCC1CCN(CC(=O)Nc2ccc(OCc3ccccc3)cc2)CC1. The van der Waals surface area contributed by atoms with Crippen molar-refractivity contribution in [3.63, 3.8) is 0 Å². The van der Waals surface area contributed by atoms with Gasteiger partial charge in [-0.05, 0) is 68.2 Å². The number of anilines is 1. The second-order valence-corrected chi connectivity index (χ2v) is 6.80. The van der Waals surface area contributed by atoms with E-state index in [-0.39, 0.29) is 18.3 Å². The molecule has 0 spiro atoms. The molecule has 3 N–H and O–H groups in total. The third-order valence-corrected chi connectivity index (χ3v) is 4.79. The molecule has 1 heterocycles. The van der Waals surface area contributed by atoms with Gasteiger partial charge >= 0.3 is 0 Å². The lowest BCUT2D eigenvalue weighted by atomic mass is 9.97. The summed E-state index contributed by atoms with van der Waals surface area (Å²) in [6, 6.07) is 17.6. The minimum absolute atomic E-state index is 0. The van der Waals surface area contributed by atoms with Crippen molar-refractivity contribution in [2.45, 2.75) is 19.4 Å². The number of hydrogen-bond acceptors (Lipinski definition) is 4. The van der Waals surface area contributed by atoms with Crippen LogP contribution in [0.4, 0.5) is 5.69 Å². The third kappa shape index (κ3) is 6.86. The van der Waals surface area contributed by atoms with E-state index in [1.807, 2.05) is 54.6 Å². The Morgan fingerprint density at radius 2 is 1.74 bits per heavy atom. The highest BCUT2D eigenvalue weighted by Gasteiger charge is 2.19. The summed E-state index contributed by atoms with van der Waals surface area (Å²) in [4.78, 5) is 14.4. The Balaban J connectivity index is 0.00000261. The number of halogens is 1. The number of carbonyl (C=O) groups is 1. The van der Waals surface area contributed by atoms with Gasteiger partial charge in [-0.3, -0.25) is 9.69 Å². The normalized spacial score (nSPS) is 15.0. The van der Waals surface area contributed by atoms with Gasteiger partial charge in [0.15, 0.2) is 0 Å². The fraction of sp³-hybridized carbons (Fsp3) is 0.381. The fourth-order valence-corrected chi connectivity index (χ4v) is 3.16. The second kappa shape index (κ2) is 10.9. The molecule has 1 amide bonds. The number of likely N-dealkylation sites (tertiary alicyclic amines) is 1. The first-order valence-electron chi connectivity index (χ1n) is 9.22. The summed E-state index contributed by atoms with van der Waals surface area (Å²) in [7, 11) is 0. The molecule has 0 unspecified atom stereocenters. The van der Waals surface area contributed by atoms with Crippen LogP contribution in [0, 0.1) is 5.92 Å². The van der Waals surface area contributed by atoms with Crippen molar-refractivity contribution in [2.75, 3.05) is 31.5 Å². The zero-order chi connectivity index (χ0) is 18.2. The Morgan fingerprint density at radius 3 is 2.37 bits per heavy atom. The predicted molar refractivity (Wildman–Crippen MR) is 111 cm³/mol. The molecule has 1 fully saturated rings. The number of ether oxygens (including phenoxy) is 1. The third-order valence-electron chi connectivity index (χ3n) is 4.79. The Bertz CT molecular complexity index is 686. The molecule has 2 aromatic carbocycles. The Hall–Kier alpha value is -2.08. The van der Waals surface area contributed by atoms with Gasteiger partial charge in [-0.25, -0.2) is 0 Å². The molecule has 0 aromatic heterocycles. The van der Waals surface area contributed by atoms with Crippen LogP contribution in [0.5, 0.6) is 5.75 Å². The Morgan fingerprint density at radius 1 is 1.07 bits per heavy atom. The number of hydrogen-bond donors (Lipinski definition) is 2. The average Bonchev–Trinajstić information content (AvgIpc) is 2.69. The zero-order valence-corrected chi connectivity index (χ0v) is 16.3. The molecule has 0 aliphatic carbocycles. The Labute approximate surface area is 167 Å². The monoisotopic (exact) mass is 389 g/mol. The van der Waals surface area contributed by atoms with Crippen molar-refractivity contribution < 1.29 is 9.53 Å². The first kappa shape index (κ1) is 21.2. The molecule has 2 aromatic rings. The number of piperidine rings is 1. The van der Waals surface area contributed by atoms with Gasteiger partial charge in [-0.2, -0.15) is 0 Å². The molecule has 27 heavy (non-hydrogen) atoms. The maximum Gasteiger partial charge on any atom is 0.238 e. The maximum absolute atomic E-state index is 12.2. The highest BCUT2D eigenvalue weighted by molar-refractivity contribution is 5.92.